The van der Waals surface area contributed by atoms with Crippen molar-refractivity contribution < 1.29 is 31.7 Å². The number of hydrogen-bond acceptors (Lipinski definition) is 4. The van der Waals surface area contributed by atoms with Gasteiger partial charge in [-0.2, -0.15) is 0 Å². The molecule has 1 amide bonds. The van der Waals surface area contributed by atoms with E-state index in [4.69, 9.17) is 0 Å². The predicted octanol–water partition coefficient (Wildman–Crippen LogP) is 4.72. The van der Waals surface area contributed by atoms with Crippen molar-refractivity contribution in [1.29, 1.82) is 0 Å². The summed E-state index contributed by atoms with van der Waals surface area (Å²) < 4.78 is 66.3. The van der Waals surface area contributed by atoms with Gasteiger partial charge in [0.05, 0.1) is 10.7 Å². The monoisotopic (exact) mass is 406 g/mol. The summed E-state index contributed by atoms with van der Waals surface area (Å²) in [5, 5.41) is 12.0. The maximum atomic E-state index is 13.5. The van der Waals surface area contributed by atoms with Gasteiger partial charge in [-0.3, -0.25) is 14.9 Å². The molecular formula is C16H11F5N2O3S. The van der Waals surface area contributed by atoms with Gasteiger partial charge in [0, 0.05) is 17.4 Å². The summed E-state index contributed by atoms with van der Waals surface area (Å²) in [6.45, 7) is 1.63. The summed E-state index contributed by atoms with van der Waals surface area (Å²) in [5.74, 6) is -12.3. The van der Waals surface area contributed by atoms with Crippen LogP contribution in [0.3, 0.4) is 0 Å². The molecule has 1 atom stereocenters. The number of nitro groups is 1. The first-order chi connectivity index (χ1) is 12.6. The number of thioether (sulfide) groups is 1. The highest BCUT2D eigenvalue weighted by atomic mass is 32.2. The van der Waals surface area contributed by atoms with Gasteiger partial charge in [-0.05, 0) is 12.5 Å². The number of carbonyl (C=O) groups excluding carboxylic acids is 1. The Morgan fingerprint density at radius 2 is 1.67 bits per heavy atom. The minimum atomic E-state index is -2.32. The van der Waals surface area contributed by atoms with Gasteiger partial charge in [0.2, 0.25) is 11.7 Å². The minimum absolute atomic E-state index is 0.147. The molecule has 0 saturated heterocycles. The number of amides is 1. The highest BCUT2D eigenvalue weighted by Crippen LogP contribution is 2.31. The van der Waals surface area contributed by atoms with Gasteiger partial charge in [0.1, 0.15) is 5.69 Å². The number of nitro benzene ring substituents is 1. The van der Waals surface area contributed by atoms with Gasteiger partial charge in [-0.15, -0.1) is 11.8 Å². The zero-order valence-corrected chi connectivity index (χ0v) is 14.4. The van der Waals surface area contributed by atoms with E-state index in [1.165, 1.54) is 18.2 Å². The summed E-state index contributed by atoms with van der Waals surface area (Å²) in [4.78, 5) is 22.0. The van der Waals surface area contributed by atoms with Crippen LogP contribution in [-0.2, 0) is 4.79 Å². The van der Waals surface area contributed by atoms with Crippen LogP contribution in [0.25, 0.3) is 0 Å². The molecule has 144 valence electrons. The Balaban J connectivity index is 2.07. The maximum absolute atomic E-state index is 13.5. The first kappa shape index (κ1) is 20.6. The number of nitrogens with one attached hydrogen (secondary N) is 1. The zero-order chi connectivity index (χ0) is 20.3. The lowest BCUT2D eigenvalue weighted by Gasteiger charge is -2.13. The number of halogens is 5. The molecule has 0 aromatic heterocycles. The third kappa shape index (κ3) is 4.54. The Bertz CT molecular complexity index is 881. The van der Waals surface area contributed by atoms with Crippen LogP contribution in [0, 0.1) is 39.2 Å². The average Bonchev–Trinajstić information content (AvgIpc) is 2.66. The molecule has 2 aromatic rings. The summed E-state index contributed by atoms with van der Waals surface area (Å²) in [6.07, 6.45) is 0. The van der Waals surface area contributed by atoms with Crippen LogP contribution in [0.2, 0.25) is 0 Å². The Labute approximate surface area is 153 Å². The summed E-state index contributed by atoms with van der Waals surface area (Å²) in [6, 6.07) is 5.64. The zero-order valence-electron chi connectivity index (χ0n) is 13.6. The normalized spacial score (nSPS) is 11.9. The first-order valence-corrected chi connectivity index (χ1v) is 8.35. The molecule has 5 nitrogen and oxygen atoms in total. The Morgan fingerprint density at radius 3 is 2.22 bits per heavy atom. The molecule has 0 bridgehead atoms. The third-order valence-electron chi connectivity index (χ3n) is 3.49. The van der Waals surface area contributed by atoms with E-state index in [2.05, 4.69) is 0 Å². The minimum Gasteiger partial charge on any atom is -0.320 e. The second-order valence-electron chi connectivity index (χ2n) is 5.30. The summed E-state index contributed by atoms with van der Waals surface area (Å²) in [7, 11) is 0. The van der Waals surface area contributed by atoms with Crippen molar-refractivity contribution in [3.63, 3.8) is 0 Å². The number of nitrogens with zero attached hydrogens (tertiary/aromatic N) is 1. The quantitative estimate of drug-likeness (QED) is 0.248. The van der Waals surface area contributed by atoms with Gasteiger partial charge >= 0.3 is 0 Å². The number of carbonyl (C=O) groups is 1. The lowest BCUT2D eigenvalue weighted by atomic mass is 10.1. The fourth-order valence-corrected chi connectivity index (χ4v) is 2.89. The smallest absolute Gasteiger partial charge is 0.269 e. The Kier molecular flexibility index (Phi) is 6.37. The maximum Gasteiger partial charge on any atom is 0.269 e. The summed E-state index contributed by atoms with van der Waals surface area (Å²) in [5.41, 5.74) is -1.05. The fraction of sp³-hybridized carbons (Fsp3) is 0.188. The molecule has 0 aliphatic heterocycles. The SMILES string of the molecule is C[C@H](SCC(=O)Nc1c(F)c(F)c(F)c(F)c1F)c1cccc([N+](=O)[O-])c1. The van der Waals surface area contributed by atoms with Crippen molar-refractivity contribution in [3.05, 3.63) is 69.0 Å². The van der Waals surface area contributed by atoms with Crippen molar-refractivity contribution in [3.8, 4) is 0 Å². The van der Waals surface area contributed by atoms with Crippen LogP contribution >= 0.6 is 11.8 Å². The molecule has 27 heavy (non-hydrogen) atoms. The second kappa shape index (κ2) is 8.33. The van der Waals surface area contributed by atoms with Crippen molar-refractivity contribution in [1.82, 2.24) is 0 Å². The topological polar surface area (TPSA) is 72.2 Å². The fourth-order valence-electron chi connectivity index (χ4n) is 2.08. The third-order valence-corrected chi connectivity index (χ3v) is 4.69. The molecule has 0 spiro atoms. The largest absolute Gasteiger partial charge is 0.320 e. The first-order valence-electron chi connectivity index (χ1n) is 7.30. The molecule has 2 rings (SSSR count). The number of benzene rings is 2. The molecule has 0 fully saturated rings. The Morgan fingerprint density at radius 1 is 1.11 bits per heavy atom. The second-order valence-corrected chi connectivity index (χ2v) is 6.63. The molecule has 11 heteroatoms. The molecule has 1 N–H and O–H groups in total. The molecule has 0 aliphatic carbocycles. The number of non-ortho nitro benzene ring substituents is 1. The molecule has 0 heterocycles. The van der Waals surface area contributed by atoms with Gasteiger partial charge in [0.15, 0.2) is 23.3 Å². The number of anilines is 1. The predicted molar refractivity (Wildman–Crippen MR) is 88.8 cm³/mol. The van der Waals surface area contributed by atoms with Crippen LogP contribution in [0.5, 0.6) is 0 Å². The van der Waals surface area contributed by atoms with Gasteiger partial charge in [0.25, 0.3) is 5.69 Å². The summed E-state index contributed by atoms with van der Waals surface area (Å²) >= 11 is 0.959. The van der Waals surface area contributed by atoms with E-state index in [0.29, 0.717) is 5.56 Å². The van der Waals surface area contributed by atoms with E-state index in [1.54, 1.807) is 18.3 Å². The lowest BCUT2D eigenvalue weighted by molar-refractivity contribution is -0.384. The van der Waals surface area contributed by atoms with Crippen LogP contribution in [0.1, 0.15) is 17.7 Å². The van der Waals surface area contributed by atoms with Crippen molar-refractivity contribution in [2.24, 2.45) is 0 Å². The Hall–Kier alpha value is -2.69. The van der Waals surface area contributed by atoms with Crippen LogP contribution in [-0.4, -0.2) is 16.6 Å². The van der Waals surface area contributed by atoms with E-state index in [0.717, 1.165) is 11.8 Å². The van der Waals surface area contributed by atoms with E-state index in [-0.39, 0.29) is 11.4 Å². The van der Waals surface area contributed by atoms with Crippen molar-refractivity contribution in [2.75, 3.05) is 11.1 Å². The van der Waals surface area contributed by atoms with Gasteiger partial charge in [-0.1, -0.05) is 12.1 Å². The van der Waals surface area contributed by atoms with Crippen LogP contribution in [0.15, 0.2) is 24.3 Å². The average molecular weight is 406 g/mol. The molecule has 0 aliphatic rings. The highest BCUT2D eigenvalue weighted by Gasteiger charge is 2.27. The highest BCUT2D eigenvalue weighted by molar-refractivity contribution is 8.00. The van der Waals surface area contributed by atoms with Crippen molar-refractivity contribution in [2.45, 2.75) is 12.2 Å². The van der Waals surface area contributed by atoms with E-state index in [9.17, 15) is 36.9 Å². The van der Waals surface area contributed by atoms with E-state index in [1.807, 2.05) is 0 Å². The van der Waals surface area contributed by atoms with Crippen molar-refractivity contribution >= 4 is 29.0 Å². The lowest BCUT2D eigenvalue weighted by Crippen LogP contribution is -2.19. The van der Waals surface area contributed by atoms with Gasteiger partial charge in [-0.25, -0.2) is 22.0 Å². The van der Waals surface area contributed by atoms with Crippen LogP contribution < -0.4 is 5.32 Å². The molecule has 0 unspecified atom stereocenters. The molecule has 0 saturated carbocycles. The number of rotatable bonds is 6. The van der Waals surface area contributed by atoms with E-state index >= 15 is 0 Å². The number of hydrogen-bond donors (Lipinski definition) is 1. The van der Waals surface area contributed by atoms with Crippen LogP contribution in [0.4, 0.5) is 33.3 Å². The van der Waals surface area contributed by atoms with E-state index < -0.39 is 50.9 Å². The molecule has 2 aromatic carbocycles. The standard InChI is InChI=1S/C16H11F5N2O3S/c1-7(8-3-2-4-9(5-8)23(25)26)27-6-10(24)22-16-14(20)12(18)11(17)13(19)15(16)21/h2-5,7H,6H2,1H3,(H,22,24)/t7-/m0/s1. The molecular weight excluding hydrogens is 395 g/mol. The molecule has 0 radical (unpaired) electrons. The van der Waals surface area contributed by atoms with Gasteiger partial charge < -0.3 is 5.32 Å².